The number of urea groups is 1. The number of carbonyl (C=O) groups is 2. The van der Waals surface area contributed by atoms with Gasteiger partial charge >= 0.3 is 6.03 Å². The van der Waals surface area contributed by atoms with Crippen molar-refractivity contribution in [2.45, 2.75) is 17.4 Å². The van der Waals surface area contributed by atoms with Crippen molar-refractivity contribution < 1.29 is 19.1 Å². The van der Waals surface area contributed by atoms with E-state index in [4.69, 9.17) is 34.0 Å². The molecule has 1 aromatic heterocycles. The zero-order valence-electron chi connectivity index (χ0n) is 15.3. The summed E-state index contributed by atoms with van der Waals surface area (Å²) in [5.74, 6) is -0.257. The zero-order chi connectivity index (χ0) is 21.2. The second-order valence-electron chi connectivity index (χ2n) is 6.59. The number of para-hydroxylation sites is 1. The van der Waals surface area contributed by atoms with Gasteiger partial charge in [-0.15, -0.1) is 11.6 Å². The minimum Gasteiger partial charge on any atom is -0.459 e. The first kappa shape index (κ1) is 20.8. The molecule has 0 aliphatic heterocycles. The van der Waals surface area contributed by atoms with E-state index in [1.807, 2.05) is 0 Å². The molecule has 1 heterocycles. The molecule has 150 valence electrons. The Bertz CT molecular complexity index is 1030. The minimum atomic E-state index is -1.64. The van der Waals surface area contributed by atoms with Crippen LogP contribution in [0.25, 0.3) is 5.57 Å². The number of anilines is 1. The van der Waals surface area contributed by atoms with Gasteiger partial charge in [0.05, 0.1) is 6.26 Å². The van der Waals surface area contributed by atoms with E-state index in [0.717, 1.165) is 0 Å². The third-order valence-electron chi connectivity index (χ3n) is 4.48. The fourth-order valence-electron chi connectivity index (χ4n) is 2.88. The van der Waals surface area contributed by atoms with Gasteiger partial charge in [-0.1, -0.05) is 42.6 Å². The van der Waals surface area contributed by atoms with Crippen molar-refractivity contribution in [3.63, 3.8) is 0 Å². The summed E-state index contributed by atoms with van der Waals surface area (Å²) in [4.78, 5) is 21.8. The molecule has 1 aliphatic rings. The number of halogens is 1. The summed E-state index contributed by atoms with van der Waals surface area (Å²) in [6.07, 6.45) is 6.05. The summed E-state index contributed by atoms with van der Waals surface area (Å²) in [6.45, 7) is 1.46. The Morgan fingerprint density at radius 2 is 1.97 bits per heavy atom. The second-order valence-corrected chi connectivity index (χ2v) is 7.59. The highest BCUT2D eigenvalue weighted by Crippen LogP contribution is 2.41. The molecule has 9 heteroatoms. The van der Waals surface area contributed by atoms with Crippen LogP contribution >= 0.6 is 23.8 Å². The van der Waals surface area contributed by atoms with Crippen LogP contribution in [0.5, 0.6) is 0 Å². The number of carbonyl (C=O) groups excluding carboxylic acids is 2. The number of rotatable bonds is 4. The van der Waals surface area contributed by atoms with Gasteiger partial charge in [0.1, 0.15) is 15.5 Å². The molecule has 3 amide bonds. The van der Waals surface area contributed by atoms with E-state index in [1.165, 1.54) is 25.3 Å². The summed E-state index contributed by atoms with van der Waals surface area (Å²) < 4.78 is 5.12. The van der Waals surface area contributed by atoms with Gasteiger partial charge in [-0.25, -0.2) is 4.79 Å². The molecule has 0 saturated carbocycles. The maximum Gasteiger partial charge on any atom is 0.317 e. The van der Waals surface area contributed by atoms with Crippen molar-refractivity contribution in [3.8, 4) is 0 Å². The molecule has 3 rings (SSSR count). The van der Waals surface area contributed by atoms with E-state index in [9.17, 15) is 14.7 Å². The van der Waals surface area contributed by atoms with Crippen LogP contribution in [-0.2, 0) is 0 Å². The molecule has 1 aliphatic carbocycles. The number of primary amides is 1. The lowest BCUT2D eigenvalue weighted by molar-refractivity contribution is 0.0993. The van der Waals surface area contributed by atoms with E-state index >= 15 is 0 Å². The Morgan fingerprint density at radius 1 is 1.24 bits per heavy atom. The van der Waals surface area contributed by atoms with Gasteiger partial charge in [0.2, 0.25) is 0 Å². The number of aliphatic hydroxyl groups is 1. The van der Waals surface area contributed by atoms with Gasteiger partial charge in [0.15, 0.2) is 5.76 Å². The number of alkyl halides is 1. The Morgan fingerprint density at radius 3 is 2.62 bits per heavy atom. The largest absolute Gasteiger partial charge is 0.459 e. The van der Waals surface area contributed by atoms with E-state index in [-0.39, 0.29) is 10.7 Å². The number of amides is 3. The SMILES string of the molecule is CC1(O)C=CC(c2ccccc2NC(=O)c2ccco2)=CC1(Cl)C(=S)NC(N)=O. The quantitative estimate of drug-likeness (QED) is 0.438. The molecule has 0 radical (unpaired) electrons. The lowest BCUT2D eigenvalue weighted by atomic mass is 9.80. The smallest absolute Gasteiger partial charge is 0.317 e. The minimum absolute atomic E-state index is 0.143. The van der Waals surface area contributed by atoms with Crippen molar-refractivity contribution in [2.24, 2.45) is 5.73 Å². The van der Waals surface area contributed by atoms with Crippen LogP contribution in [0, 0.1) is 0 Å². The standard InChI is InChI=1S/C20H18ClN3O4S/c1-19(27)9-8-12(11-20(19,21)17(29)24-18(22)26)13-5-2-3-6-14(13)23-16(25)15-7-4-10-28-15/h2-11,27H,1H3,(H,23,25)(H3,22,24,26,29). The first-order valence-electron chi connectivity index (χ1n) is 8.52. The van der Waals surface area contributed by atoms with Crippen LogP contribution in [0.1, 0.15) is 23.0 Å². The van der Waals surface area contributed by atoms with Crippen LogP contribution < -0.4 is 16.4 Å². The topological polar surface area (TPSA) is 118 Å². The molecule has 0 fully saturated rings. The number of nitrogens with one attached hydrogen (secondary N) is 2. The fraction of sp³-hybridized carbons (Fsp3) is 0.150. The molecule has 0 saturated heterocycles. The average Bonchev–Trinajstić information content (AvgIpc) is 3.19. The van der Waals surface area contributed by atoms with Crippen molar-refractivity contribution in [2.75, 3.05) is 5.32 Å². The average molecular weight is 432 g/mol. The molecule has 29 heavy (non-hydrogen) atoms. The van der Waals surface area contributed by atoms with Gasteiger partial charge in [0, 0.05) is 11.3 Å². The van der Waals surface area contributed by atoms with Crippen molar-refractivity contribution in [3.05, 3.63) is 72.2 Å². The molecule has 7 nitrogen and oxygen atoms in total. The molecule has 0 spiro atoms. The van der Waals surface area contributed by atoms with Gasteiger partial charge in [-0.05, 0) is 36.8 Å². The second kappa shape index (κ2) is 7.82. The Balaban J connectivity index is 2.00. The van der Waals surface area contributed by atoms with Crippen LogP contribution in [0.4, 0.5) is 10.5 Å². The summed E-state index contributed by atoms with van der Waals surface area (Å²) >= 11 is 11.9. The van der Waals surface area contributed by atoms with Gasteiger partial charge in [-0.2, -0.15) is 0 Å². The van der Waals surface area contributed by atoms with E-state index in [2.05, 4.69) is 10.6 Å². The zero-order valence-corrected chi connectivity index (χ0v) is 16.9. The molecular formula is C20H18ClN3O4S. The number of allylic oxidation sites excluding steroid dienone is 2. The predicted molar refractivity (Wildman–Crippen MR) is 115 cm³/mol. The maximum atomic E-state index is 12.4. The Kier molecular flexibility index (Phi) is 5.61. The van der Waals surface area contributed by atoms with E-state index < -0.39 is 22.4 Å². The van der Waals surface area contributed by atoms with Crippen LogP contribution in [-0.4, -0.2) is 32.5 Å². The Hall–Kier alpha value is -2.94. The molecule has 2 atom stereocenters. The van der Waals surface area contributed by atoms with Gasteiger partial charge in [0.25, 0.3) is 5.91 Å². The number of furan rings is 1. The fourth-order valence-corrected chi connectivity index (χ4v) is 3.48. The normalized spacial score (nSPS) is 23.2. The molecule has 2 unspecified atom stereocenters. The van der Waals surface area contributed by atoms with Crippen molar-refractivity contribution in [1.29, 1.82) is 0 Å². The molecule has 5 N–H and O–H groups in total. The number of hydrogen-bond donors (Lipinski definition) is 4. The lowest BCUT2D eigenvalue weighted by Crippen LogP contribution is -2.57. The summed E-state index contributed by atoms with van der Waals surface area (Å²) in [6, 6.07) is 9.31. The Labute approximate surface area is 177 Å². The number of nitrogens with two attached hydrogens (primary N) is 1. The summed E-state index contributed by atoms with van der Waals surface area (Å²) in [5, 5.41) is 15.8. The highest BCUT2D eigenvalue weighted by Gasteiger charge is 2.48. The predicted octanol–water partition coefficient (Wildman–Crippen LogP) is 3.21. The van der Waals surface area contributed by atoms with E-state index in [1.54, 1.807) is 42.5 Å². The van der Waals surface area contributed by atoms with Crippen molar-refractivity contribution in [1.82, 2.24) is 5.32 Å². The molecular weight excluding hydrogens is 414 g/mol. The first-order valence-corrected chi connectivity index (χ1v) is 9.31. The molecule has 0 bridgehead atoms. The van der Waals surface area contributed by atoms with Gasteiger partial charge < -0.3 is 25.9 Å². The highest BCUT2D eigenvalue weighted by molar-refractivity contribution is 7.80. The highest BCUT2D eigenvalue weighted by atomic mass is 35.5. The number of benzene rings is 1. The van der Waals surface area contributed by atoms with Crippen LogP contribution in [0.3, 0.4) is 0 Å². The van der Waals surface area contributed by atoms with Crippen molar-refractivity contribution >= 4 is 52.0 Å². The monoisotopic (exact) mass is 431 g/mol. The van der Waals surface area contributed by atoms with E-state index in [0.29, 0.717) is 16.8 Å². The van der Waals surface area contributed by atoms with Gasteiger partial charge in [-0.3, -0.25) is 4.79 Å². The van der Waals surface area contributed by atoms with Crippen LogP contribution in [0.15, 0.2) is 65.3 Å². The van der Waals surface area contributed by atoms with Crippen LogP contribution in [0.2, 0.25) is 0 Å². The third kappa shape index (κ3) is 4.09. The maximum absolute atomic E-state index is 12.4. The summed E-state index contributed by atoms with van der Waals surface area (Å²) in [7, 11) is 0. The molecule has 1 aromatic carbocycles. The number of hydrogen-bond acceptors (Lipinski definition) is 5. The lowest BCUT2D eigenvalue weighted by Gasteiger charge is -2.39. The molecule has 2 aromatic rings. The summed E-state index contributed by atoms with van der Waals surface area (Å²) in [5.41, 5.74) is 5.26. The third-order valence-corrected chi connectivity index (χ3v) is 5.69. The first-order chi connectivity index (χ1) is 13.6. The number of thiocarbonyl (C=S) groups is 1.